The Kier molecular flexibility index (Phi) is 16.5. The molecule has 1 aliphatic heterocycles. The molecule has 3 aliphatic rings. The molecule has 1 amide bonds. The van der Waals surface area contributed by atoms with Crippen molar-refractivity contribution in [2.45, 2.75) is 89.2 Å². The first-order valence-corrected chi connectivity index (χ1v) is 19.1. The monoisotopic (exact) mass is 779 g/mol. The number of hydrogen-bond acceptors (Lipinski definition) is 5. The number of amides is 1. The van der Waals surface area contributed by atoms with Crippen LogP contribution < -0.4 is 5.32 Å². The Morgan fingerprint density at radius 1 is 1.20 bits per heavy atom. The summed E-state index contributed by atoms with van der Waals surface area (Å²) in [6.45, 7) is 10.9. The minimum atomic E-state index is -1.92. The van der Waals surface area contributed by atoms with E-state index in [1.165, 1.54) is 12.2 Å². The number of carbonyl (C=O) groups excluding carboxylic acids is 1. The first-order chi connectivity index (χ1) is 25.9. The summed E-state index contributed by atoms with van der Waals surface area (Å²) in [5, 5.41) is 12.6. The zero-order valence-corrected chi connectivity index (χ0v) is 32.4. The molecule has 2 aliphatic carbocycles. The van der Waals surface area contributed by atoms with Crippen molar-refractivity contribution in [3.05, 3.63) is 143 Å². The highest BCUT2D eigenvalue weighted by Gasteiger charge is 2.31. The number of unbranched alkanes of at least 4 members (excludes halogenated alkanes) is 1. The van der Waals surface area contributed by atoms with Gasteiger partial charge in [0.25, 0.3) is 5.91 Å². The van der Waals surface area contributed by atoms with Crippen LogP contribution in [0.1, 0.15) is 68.8 Å². The van der Waals surface area contributed by atoms with E-state index < -0.39 is 36.0 Å². The minimum Gasteiger partial charge on any atom is -0.478 e. The second-order valence-electron chi connectivity index (χ2n) is 13.4. The maximum absolute atomic E-state index is 14.5. The first kappa shape index (κ1) is 42.4. The summed E-state index contributed by atoms with van der Waals surface area (Å²) in [5.41, 5.74) is 2.96. The molecule has 4 rings (SSSR count). The van der Waals surface area contributed by atoms with Gasteiger partial charge in [0.2, 0.25) is 0 Å². The largest absolute Gasteiger partial charge is 0.478 e. The molecule has 0 aromatic heterocycles. The van der Waals surface area contributed by atoms with Gasteiger partial charge in [-0.25, -0.2) is 13.6 Å². The Hall–Kier alpha value is -4.31. The standard InChI is InChI=1S/C43H49Cl2F2N3O4/c1-5-7-24-50-25-23-38(34-20-21-35(44)29(4)40(34)45)48-41(50)39(49-42(51)33-13-9-14-36(46)37(47)26-33)22-17-30(10-6-2)12-8-11-28(3)54-27-31-15-18-32(19-16-31)43(52)53/h6,8-11,13-16,18-21,23,25-26,28-29,35-36,38-39H,2,5,7,12,17,22,24,27H2,1,3-4H3,(H,49,51)(H,52,53)/b11-8-,30-10+. The lowest BCUT2D eigenvalue weighted by Gasteiger charge is -2.34. The van der Waals surface area contributed by atoms with Crippen LogP contribution in [-0.2, 0) is 16.1 Å². The van der Waals surface area contributed by atoms with Gasteiger partial charge in [0.1, 0.15) is 11.7 Å². The summed E-state index contributed by atoms with van der Waals surface area (Å²) in [6, 6.07) is 5.55. The Morgan fingerprint density at radius 3 is 2.67 bits per heavy atom. The van der Waals surface area contributed by atoms with Crippen LogP contribution in [-0.4, -0.2) is 64.0 Å². The van der Waals surface area contributed by atoms with Crippen molar-refractivity contribution in [1.82, 2.24) is 10.2 Å². The first-order valence-electron chi connectivity index (χ1n) is 18.3. The van der Waals surface area contributed by atoms with Crippen LogP contribution in [0.15, 0.2) is 136 Å². The number of aromatic carboxylic acids is 1. The molecular weight excluding hydrogens is 731 g/mol. The Balaban J connectivity index is 1.56. The van der Waals surface area contributed by atoms with Gasteiger partial charge in [0.05, 0.1) is 35.7 Å². The summed E-state index contributed by atoms with van der Waals surface area (Å²) < 4.78 is 34.5. The van der Waals surface area contributed by atoms with Crippen LogP contribution in [0.5, 0.6) is 0 Å². The highest BCUT2D eigenvalue weighted by molar-refractivity contribution is 6.32. The molecule has 1 aromatic rings. The fraction of sp³-hybridized carbons (Fsp3) is 0.372. The molecule has 6 atom stereocenters. The quantitative estimate of drug-likeness (QED) is 0.0880. The van der Waals surface area contributed by atoms with E-state index in [4.69, 9.17) is 38.0 Å². The summed E-state index contributed by atoms with van der Waals surface area (Å²) >= 11 is 13.3. The molecule has 0 fully saturated rings. The van der Waals surface area contributed by atoms with Gasteiger partial charge < -0.3 is 20.1 Å². The third kappa shape index (κ3) is 12.1. The van der Waals surface area contributed by atoms with Crippen LogP contribution in [0.2, 0.25) is 0 Å². The number of ether oxygens (including phenoxy) is 1. The molecule has 54 heavy (non-hydrogen) atoms. The summed E-state index contributed by atoms with van der Waals surface area (Å²) in [4.78, 5) is 32.1. The Labute approximate surface area is 327 Å². The van der Waals surface area contributed by atoms with Gasteiger partial charge in [-0.3, -0.25) is 9.79 Å². The molecule has 0 spiro atoms. The lowest BCUT2D eigenvalue weighted by molar-refractivity contribution is -0.117. The molecule has 288 valence electrons. The number of hydrogen-bond donors (Lipinski definition) is 2. The molecule has 1 heterocycles. The number of nitrogens with one attached hydrogen (secondary N) is 1. The molecule has 0 saturated carbocycles. The maximum atomic E-state index is 14.5. The molecule has 7 nitrogen and oxygen atoms in total. The highest BCUT2D eigenvalue weighted by Crippen LogP contribution is 2.35. The van der Waals surface area contributed by atoms with Gasteiger partial charge in [0.15, 0.2) is 6.17 Å². The number of alkyl halides is 2. The molecule has 0 radical (unpaired) electrons. The van der Waals surface area contributed by atoms with E-state index in [1.807, 2.05) is 61.4 Å². The van der Waals surface area contributed by atoms with Gasteiger partial charge in [-0.15, -0.1) is 11.6 Å². The zero-order valence-electron chi connectivity index (χ0n) is 30.9. The second kappa shape index (κ2) is 21.0. The number of nitrogens with zero attached hydrogens (tertiary/aromatic N) is 2. The van der Waals surface area contributed by atoms with Crippen LogP contribution >= 0.6 is 23.2 Å². The fourth-order valence-electron chi connectivity index (χ4n) is 6.05. The van der Waals surface area contributed by atoms with Crippen molar-refractivity contribution in [3.63, 3.8) is 0 Å². The van der Waals surface area contributed by atoms with Crippen molar-refractivity contribution in [3.8, 4) is 0 Å². The number of carboxylic acid groups (broad SMARTS) is 1. The average molecular weight is 781 g/mol. The minimum absolute atomic E-state index is 0.00272. The SMILES string of the molecule is C=C/C=C(\C/C=C\C(C)OCc1ccc(C(=O)O)cc1)CCC(NC(=O)C1=CC=CC(F)C(F)=C1)C1=NC(C2=C(Cl)C(C)C(Cl)C=C2)C=CN1CCCC. The molecule has 1 aromatic carbocycles. The van der Waals surface area contributed by atoms with Crippen molar-refractivity contribution in [1.29, 1.82) is 0 Å². The number of carbonyl (C=O) groups is 2. The Morgan fingerprint density at radius 2 is 1.96 bits per heavy atom. The number of benzene rings is 1. The van der Waals surface area contributed by atoms with Crippen LogP contribution in [0.3, 0.4) is 0 Å². The van der Waals surface area contributed by atoms with Crippen molar-refractivity contribution in [2.24, 2.45) is 10.9 Å². The third-order valence-corrected chi connectivity index (χ3v) is 10.4. The summed E-state index contributed by atoms with van der Waals surface area (Å²) in [5.74, 6) is -2.03. The van der Waals surface area contributed by atoms with Gasteiger partial charge in [-0.1, -0.05) is 98.7 Å². The van der Waals surface area contributed by atoms with Gasteiger partial charge in [-0.05, 0) is 80.2 Å². The van der Waals surface area contributed by atoms with Crippen LogP contribution in [0.25, 0.3) is 0 Å². The number of amidine groups is 1. The third-order valence-electron chi connectivity index (χ3n) is 9.30. The lowest BCUT2D eigenvalue weighted by Crippen LogP contribution is -2.49. The fourth-order valence-corrected chi connectivity index (χ4v) is 6.62. The van der Waals surface area contributed by atoms with E-state index in [-0.39, 0.29) is 28.5 Å². The number of allylic oxidation sites excluding steroid dienone is 10. The number of rotatable bonds is 18. The van der Waals surface area contributed by atoms with Gasteiger partial charge in [-0.2, -0.15) is 0 Å². The number of carboxylic acids is 1. The number of halogens is 4. The lowest BCUT2D eigenvalue weighted by atomic mass is 9.92. The van der Waals surface area contributed by atoms with Crippen LogP contribution in [0, 0.1) is 5.92 Å². The zero-order chi connectivity index (χ0) is 39.2. The van der Waals surface area contributed by atoms with E-state index in [0.29, 0.717) is 43.3 Å². The molecular formula is C43H49Cl2F2N3O4. The van der Waals surface area contributed by atoms with E-state index >= 15 is 0 Å². The summed E-state index contributed by atoms with van der Waals surface area (Å²) in [6.07, 6.45) is 21.5. The van der Waals surface area contributed by atoms with E-state index in [9.17, 15) is 18.4 Å². The average Bonchev–Trinajstić information content (AvgIpc) is 3.33. The molecule has 6 unspecified atom stereocenters. The number of aliphatic imine (C=N–C) groups is 1. The van der Waals surface area contributed by atoms with Gasteiger partial charge >= 0.3 is 5.97 Å². The highest BCUT2D eigenvalue weighted by atomic mass is 35.5. The molecule has 2 N–H and O–H groups in total. The Bertz CT molecular complexity index is 1790. The molecule has 0 saturated heterocycles. The topological polar surface area (TPSA) is 91.2 Å². The smallest absolute Gasteiger partial charge is 0.335 e. The predicted molar refractivity (Wildman–Crippen MR) is 215 cm³/mol. The van der Waals surface area contributed by atoms with E-state index in [2.05, 4.69) is 18.8 Å². The maximum Gasteiger partial charge on any atom is 0.335 e. The van der Waals surface area contributed by atoms with E-state index in [0.717, 1.165) is 41.7 Å². The van der Waals surface area contributed by atoms with Crippen LogP contribution in [0.4, 0.5) is 8.78 Å². The molecule has 11 heteroatoms. The van der Waals surface area contributed by atoms with Crippen molar-refractivity contribution >= 4 is 40.9 Å². The summed E-state index contributed by atoms with van der Waals surface area (Å²) in [7, 11) is 0. The van der Waals surface area contributed by atoms with Crippen molar-refractivity contribution < 1.29 is 28.2 Å². The van der Waals surface area contributed by atoms with Crippen molar-refractivity contribution in [2.75, 3.05) is 6.54 Å². The van der Waals surface area contributed by atoms with E-state index in [1.54, 1.807) is 30.3 Å². The second-order valence-corrected chi connectivity index (χ2v) is 14.3. The van der Waals surface area contributed by atoms with Gasteiger partial charge in [0, 0.05) is 29.3 Å². The predicted octanol–water partition coefficient (Wildman–Crippen LogP) is 10.0. The molecule has 0 bridgehead atoms. The normalized spacial score (nSPS) is 22.8.